The lowest BCUT2D eigenvalue weighted by molar-refractivity contribution is -0.130. The highest BCUT2D eigenvalue weighted by Crippen LogP contribution is 2.18. The van der Waals surface area contributed by atoms with Crippen molar-refractivity contribution in [2.45, 2.75) is 26.2 Å². The van der Waals surface area contributed by atoms with Gasteiger partial charge in [0.15, 0.2) is 0 Å². The molecule has 1 aliphatic heterocycles. The summed E-state index contributed by atoms with van der Waals surface area (Å²) in [5, 5.41) is 4.05. The molecule has 0 radical (unpaired) electrons. The zero-order chi connectivity index (χ0) is 17.8. The summed E-state index contributed by atoms with van der Waals surface area (Å²) < 4.78 is 0. The van der Waals surface area contributed by atoms with Crippen molar-refractivity contribution in [2.24, 2.45) is 0 Å². The van der Waals surface area contributed by atoms with Gasteiger partial charge < -0.3 is 5.32 Å². The predicted octanol–water partition coefficient (Wildman–Crippen LogP) is 2.66. The standard InChI is InChI=1S/C19H19N3O3/c1-2-13-3-7-15(8-4-13)20-19(25)14-5-9-16(10-6-14)22-18(24)12-11-17(23)21-22/h3-10H,2,11-12H2,1H3,(H,20,25)(H,21,23). The number of anilines is 2. The SMILES string of the molecule is CCc1ccc(NC(=O)c2ccc(N3NC(=O)CCC3=O)cc2)cc1. The second-order valence-corrected chi connectivity index (χ2v) is 5.82. The molecule has 0 unspecified atom stereocenters. The molecule has 0 spiro atoms. The Bertz CT molecular complexity index is 798. The van der Waals surface area contributed by atoms with Gasteiger partial charge in [-0.1, -0.05) is 19.1 Å². The maximum atomic E-state index is 12.3. The van der Waals surface area contributed by atoms with Crippen LogP contribution in [0.2, 0.25) is 0 Å². The molecule has 1 heterocycles. The van der Waals surface area contributed by atoms with E-state index in [1.165, 1.54) is 10.6 Å². The van der Waals surface area contributed by atoms with Crippen molar-refractivity contribution in [3.05, 3.63) is 59.7 Å². The first kappa shape index (κ1) is 16.7. The summed E-state index contributed by atoms with van der Waals surface area (Å²) in [6.45, 7) is 2.07. The van der Waals surface area contributed by atoms with Crippen molar-refractivity contribution >= 4 is 29.1 Å². The molecular formula is C19H19N3O3. The molecular weight excluding hydrogens is 318 g/mol. The maximum absolute atomic E-state index is 12.3. The van der Waals surface area contributed by atoms with E-state index in [4.69, 9.17) is 0 Å². The molecule has 1 aliphatic rings. The van der Waals surface area contributed by atoms with Crippen LogP contribution in [0.4, 0.5) is 11.4 Å². The summed E-state index contributed by atoms with van der Waals surface area (Å²) in [6.07, 6.45) is 1.33. The summed E-state index contributed by atoms with van der Waals surface area (Å²) in [4.78, 5) is 35.6. The number of hydrogen-bond acceptors (Lipinski definition) is 3. The van der Waals surface area contributed by atoms with Crippen LogP contribution in [-0.2, 0) is 16.0 Å². The fourth-order valence-electron chi connectivity index (χ4n) is 2.57. The van der Waals surface area contributed by atoms with Gasteiger partial charge in [-0.15, -0.1) is 0 Å². The third-order valence-electron chi connectivity index (χ3n) is 4.06. The first-order chi connectivity index (χ1) is 12.1. The van der Waals surface area contributed by atoms with Gasteiger partial charge in [-0.25, -0.2) is 5.01 Å². The molecule has 0 bridgehead atoms. The Morgan fingerprint density at radius 3 is 2.36 bits per heavy atom. The molecule has 3 amide bonds. The van der Waals surface area contributed by atoms with Crippen molar-refractivity contribution in [3.63, 3.8) is 0 Å². The molecule has 0 saturated carbocycles. The van der Waals surface area contributed by atoms with Gasteiger partial charge in [-0.3, -0.25) is 19.8 Å². The number of nitrogens with zero attached hydrogens (tertiary/aromatic N) is 1. The Morgan fingerprint density at radius 2 is 1.72 bits per heavy atom. The van der Waals surface area contributed by atoms with Gasteiger partial charge in [0.2, 0.25) is 11.8 Å². The van der Waals surface area contributed by atoms with Gasteiger partial charge in [0.25, 0.3) is 5.91 Å². The maximum Gasteiger partial charge on any atom is 0.255 e. The fourth-order valence-corrected chi connectivity index (χ4v) is 2.57. The van der Waals surface area contributed by atoms with Crippen LogP contribution >= 0.6 is 0 Å². The van der Waals surface area contributed by atoms with E-state index in [1.54, 1.807) is 24.3 Å². The lowest BCUT2D eigenvalue weighted by Gasteiger charge is -2.27. The normalized spacial score (nSPS) is 14.2. The monoisotopic (exact) mass is 337 g/mol. The van der Waals surface area contributed by atoms with E-state index >= 15 is 0 Å². The molecule has 0 aromatic heterocycles. The number of hydrazine groups is 1. The van der Waals surface area contributed by atoms with Gasteiger partial charge in [0.05, 0.1) is 5.69 Å². The van der Waals surface area contributed by atoms with Crippen molar-refractivity contribution in [1.82, 2.24) is 5.43 Å². The summed E-state index contributed by atoms with van der Waals surface area (Å²) in [7, 11) is 0. The Balaban J connectivity index is 1.69. The van der Waals surface area contributed by atoms with E-state index in [9.17, 15) is 14.4 Å². The van der Waals surface area contributed by atoms with Crippen LogP contribution in [0.5, 0.6) is 0 Å². The minimum absolute atomic E-state index is 0.173. The highest BCUT2D eigenvalue weighted by molar-refractivity contribution is 6.05. The summed E-state index contributed by atoms with van der Waals surface area (Å²) in [5.41, 5.74) is 5.46. The van der Waals surface area contributed by atoms with E-state index in [1.807, 2.05) is 24.3 Å². The number of amides is 3. The Morgan fingerprint density at radius 1 is 1.04 bits per heavy atom. The van der Waals surface area contributed by atoms with Gasteiger partial charge in [-0.2, -0.15) is 0 Å². The Hall–Kier alpha value is -3.15. The van der Waals surface area contributed by atoms with Gasteiger partial charge in [0.1, 0.15) is 0 Å². The van der Waals surface area contributed by atoms with E-state index < -0.39 is 0 Å². The summed E-state index contributed by atoms with van der Waals surface area (Å²) in [6, 6.07) is 14.2. The van der Waals surface area contributed by atoms with Crippen LogP contribution in [0, 0.1) is 0 Å². The van der Waals surface area contributed by atoms with Crippen molar-refractivity contribution in [1.29, 1.82) is 0 Å². The third-order valence-corrected chi connectivity index (χ3v) is 4.06. The predicted molar refractivity (Wildman–Crippen MR) is 95.1 cm³/mol. The minimum atomic E-state index is -0.232. The first-order valence-electron chi connectivity index (χ1n) is 8.19. The number of rotatable bonds is 4. The quantitative estimate of drug-likeness (QED) is 0.900. The van der Waals surface area contributed by atoms with Crippen LogP contribution in [0.15, 0.2) is 48.5 Å². The van der Waals surface area contributed by atoms with Gasteiger partial charge >= 0.3 is 0 Å². The molecule has 25 heavy (non-hydrogen) atoms. The molecule has 2 N–H and O–H groups in total. The summed E-state index contributed by atoms with van der Waals surface area (Å²) >= 11 is 0. The second kappa shape index (κ2) is 7.17. The lowest BCUT2D eigenvalue weighted by Crippen LogP contribution is -2.50. The van der Waals surface area contributed by atoms with Crippen LogP contribution in [0.25, 0.3) is 0 Å². The molecule has 2 aromatic carbocycles. The molecule has 0 aliphatic carbocycles. The summed E-state index contributed by atoms with van der Waals surface area (Å²) in [5.74, 6) is -0.602. The number of carbonyl (C=O) groups excluding carboxylic acids is 3. The molecule has 6 nitrogen and oxygen atoms in total. The van der Waals surface area contributed by atoms with Crippen LogP contribution < -0.4 is 15.8 Å². The lowest BCUT2D eigenvalue weighted by atomic mass is 10.1. The number of benzene rings is 2. The Labute approximate surface area is 145 Å². The molecule has 1 fully saturated rings. The molecule has 3 rings (SSSR count). The largest absolute Gasteiger partial charge is 0.322 e. The number of hydrogen-bond donors (Lipinski definition) is 2. The zero-order valence-corrected chi connectivity index (χ0v) is 13.9. The highest BCUT2D eigenvalue weighted by atomic mass is 16.2. The Kier molecular flexibility index (Phi) is 4.79. The van der Waals surface area contributed by atoms with E-state index in [2.05, 4.69) is 17.7 Å². The van der Waals surface area contributed by atoms with E-state index in [0.29, 0.717) is 11.3 Å². The molecule has 0 atom stereocenters. The average Bonchev–Trinajstić information content (AvgIpc) is 2.64. The van der Waals surface area contributed by atoms with Crippen LogP contribution in [-0.4, -0.2) is 17.7 Å². The fraction of sp³-hybridized carbons (Fsp3) is 0.211. The van der Waals surface area contributed by atoms with Crippen molar-refractivity contribution in [3.8, 4) is 0 Å². The molecule has 2 aromatic rings. The first-order valence-corrected chi connectivity index (χ1v) is 8.19. The van der Waals surface area contributed by atoms with Crippen LogP contribution in [0.3, 0.4) is 0 Å². The topological polar surface area (TPSA) is 78.5 Å². The van der Waals surface area contributed by atoms with Crippen molar-refractivity contribution in [2.75, 3.05) is 10.3 Å². The second-order valence-electron chi connectivity index (χ2n) is 5.82. The highest BCUT2D eigenvalue weighted by Gasteiger charge is 2.24. The van der Waals surface area contributed by atoms with E-state index in [0.717, 1.165) is 12.1 Å². The molecule has 6 heteroatoms. The van der Waals surface area contributed by atoms with Crippen molar-refractivity contribution < 1.29 is 14.4 Å². The number of nitrogens with one attached hydrogen (secondary N) is 2. The van der Waals surface area contributed by atoms with Gasteiger partial charge in [0, 0.05) is 24.1 Å². The zero-order valence-electron chi connectivity index (χ0n) is 13.9. The molecule has 1 saturated heterocycles. The smallest absolute Gasteiger partial charge is 0.255 e. The number of carbonyl (C=O) groups is 3. The van der Waals surface area contributed by atoms with Gasteiger partial charge in [-0.05, 0) is 48.4 Å². The molecule has 128 valence electrons. The van der Waals surface area contributed by atoms with Crippen LogP contribution in [0.1, 0.15) is 35.7 Å². The average molecular weight is 337 g/mol. The number of aryl methyl sites for hydroxylation is 1. The minimum Gasteiger partial charge on any atom is -0.322 e. The third kappa shape index (κ3) is 3.85. The van der Waals surface area contributed by atoms with E-state index in [-0.39, 0.29) is 30.6 Å².